The summed E-state index contributed by atoms with van der Waals surface area (Å²) in [6, 6.07) is 5.26. The highest BCUT2D eigenvalue weighted by atomic mass is 16.5. The van der Waals surface area contributed by atoms with E-state index in [0.29, 0.717) is 17.7 Å². The maximum Gasteiger partial charge on any atom is 0.170 e. The van der Waals surface area contributed by atoms with E-state index in [1.54, 1.807) is 32.0 Å². The number of Topliss-reactive ketones (excluding diaryl/α,β-unsaturated/α-hetero) is 1. The standard InChI is InChI=1S/C15H16O3/c1-10-8-13(16)12-5-4-11(9-14(12)18-10)6-7-15(2,3)17/h4-5,9-10,17H,8H2,1-3H3. The molecule has 3 nitrogen and oxygen atoms in total. The SMILES string of the molecule is CC1CC(=O)c2ccc(C#CC(C)(C)O)cc2O1. The van der Waals surface area contributed by atoms with Crippen LogP contribution in [0.2, 0.25) is 0 Å². The van der Waals surface area contributed by atoms with E-state index in [9.17, 15) is 9.90 Å². The Morgan fingerprint density at radius 2 is 2.17 bits per heavy atom. The largest absolute Gasteiger partial charge is 0.489 e. The van der Waals surface area contributed by atoms with E-state index in [2.05, 4.69) is 11.8 Å². The number of carbonyl (C=O) groups is 1. The average Bonchev–Trinajstić information content (AvgIpc) is 2.24. The number of aliphatic hydroxyl groups is 1. The van der Waals surface area contributed by atoms with Gasteiger partial charge in [0.15, 0.2) is 5.78 Å². The molecule has 2 rings (SSSR count). The van der Waals surface area contributed by atoms with E-state index in [1.807, 2.05) is 6.92 Å². The Hall–Kier alpha value is -1.79. The van der Waals surface area contributed by atoms with Crippen molar-refractivity contribution in [3.8, 4) is 17.6 Å². The second-order valence-electron chi connectivity index (χ2n) is 5.08. The van der Waals surface area contributed by atoms with E-state index >= 15 is 0 Å². The first-order valence-electron chi connectivity index (χ1n) is 5.94. The fraction of sp³-hybridized carbons (Fsp3) is 0.400. The fourth-order valence-corrected chi connectivity index (χ4v) is 1.78. The van der Waals surface area contributed by atoms with Crippen LogP contribution in [0.4, 0.5) is 0 Å². The van der Waals surface area contributed by atoms with Crippen molar-refractivity contribution in [1.29, 1.82) is 0 Å². The van der Waals surface area contributed by atoms with Gasteiger partial charge in [0.25, 0.3) is 0 Å². The van der Waals surface area contributed by atoms with Crippen molar-refractivity contribution in [3.63, 3.8) is 0 Å². The van der Waals surface area contributed by atoms with Gasteiger partial charge in [-0.25, -0.2) is 0 Å². The first-order chi connectivity index (χ1) is 8.35. The molecule has 0 amide bonds. The van der Waals surface area contributed by atoms with Crippen LogP contribution >= 0.6 is 0 Å². The molecule has 0 bridgehead atoms. The molecule has 1 unspecified atom stereocenters. The van der Waals surface area contributed by atoms with Crippen LogP contribution in [-0.4, -0.2) is 22.6 Å². The average molecular weight is 244 g/mol. The summed E-state index contributed by atoms with van der Waals surface area (Å²) in [5.41, 5.74) is 0.319. The van der Waals surface area contributed by atoms with Gasteiger partial charge in [-0.2, -0.15) is 0 Å². The predicted octanol–water partition coefficient (Wildman–Crippen LogP) is 2.16. The molecule has 1 atom stereocenters. The normalized spacial score (nSPS) is 18.4. The lowest BCUT2D eigenvalue weighted by atomic mass is 9.99. The summed E-state index contributed by atoms with van der Waals surface area (Å²) in [4.78, 5) is 11.8. The summed E-state index contributed by atoms with van der Waals surface area (Å²) in [7, 11) is 0. The second-order valence-corrected chi connectivity index (χ2v) is 5.08. The van der Waals surface area contributed by atoms with Gasteiger partial charge in [0.05, 0.1) is 5.56 Å². The molecule has 0 aliphatic carbocycles. The van der Waals surface area contributed by atoms with Gasteiger partial charge in [-0.1, -0.05) is 11.8 Å². The highest BCUT2D eigenvalue weighted by Crippen LogP contribution is 2.28. The van der Waals surface area contributed by atoms with E-state index in [-0.39, 0.29) is 11.9 Å². The molecule has 3 heteroatoms. The number of ether oxygens (including phenoxy) is 1. The summed E-state index contributed by atoms with van der Waals surface area (Å²) < 4.78 is 5.62. The zero-order valence-corrected chi connectivity index (χ0v) is 10.8. The zero-order chi connectivity index (χ0) is 13.3. The molecule has 1 aliphatic rings. The Bertz CT molecular complexity index is 541. The van der Waals surface area contributed by atoms with Crippen molar-refractivity contribution in [2.24, 2.45) is 0 Å². The van der Waals surface area contributed by atoms with Gasteiger partial charge < -0.3 is 9.84 Å². The van der Waals surface area contributed by atoms with Gasteiger partial charge in [0.1, 0.15) is 17.5 Å². The van der Waals surface area contributed by atoms with Crippen LogP contribution in [0.3, 0.4) is 0 Å². The number of hydrogen-bond acceptors (Lipinski definition) is 3. The van der Waals surface area contributed by atoms with Crippen LogP contribution < -0.4 is 4.74 Å². The molecule has 0 aromatic heterocycles. The van der Waals surface area contributed by atoms with Crippen molar-refractivity contribution in [2.75, 3.05) is 0 Å². The number of hydrogen-bond donors (Lipinski definition) is 1. The Balaban J connectivity index is 2.35. The Labute approximate surface area is 107 Å². The highest BCUT2D eigenvalue weighted by molar-refractivity contribution is 6.00. The minimum absolute atomic E-state index is 0.0949. The van der Waals surface area contributed by atoms with Crippen molar-refractivity contribution in [3.05, 3.63) is 29.3 Å². The molecule has 18 heavy (non-hydrogen) atoms. The van der Waals surface area contributed by atoms with Crippen molar-refractivity contribution in [2.45, 2.75) is 38.9 Å². The number of benzene rings is 1. The molecule has 1 aliphatic heterocycles. The van der Waals surface area contributed by atoms with Crippen LogP contribution in [0, 0.1) is 11.8 Å². The molecular formula is C15H16O3. The quantitative estimate of drug-likeness (QED) is 0.711. The van der Waals surface area contributed by atoms with Crippen LogP contribution in [0.15, 0.2) is 18.2 Å². The Kier molecular flexibility index (Phi) is 3.14. The molecule has 94 valence electrons. The van der Waals surface area contributed by atoms with Gasteiger partial charge in [-0.15, -0.1) is 0 Å². The third kappa shape index (κ3) is 2.91. The van der Waals surface area contributed by atoms with Gasteiger partial charge >= 0.3 is 0 Å². The van der Waals surface area contributed by atoms with Gasteiger partial charge in [0.2, 0.25) is 0 Å². The van der Waals surface area contributed by atoms with E-state index < -0.39 is 5.60 Å². The number of ketones is 1. The molecule has 0 radical (unpaired) electrons. The lowest BCUT2D eigenvalue weighted by Crippen LogP contribution is -2.23. The Morgan fingerprint density at radius 1 is 1.44 bits per heavy atom. The lowest BCUT2D eigenvalue weighted by Gasteiger charge is -2.22. The summed E-state index contributed by atoms with van der Waals surface area (Å²) >= 11 is 0. The fourth-order valence-electron chi connectivity index (χ4n) is 1.78. The molecule has 1 aromatic carbocycles. The van der Waals surface area contributed by atoms with Gasteiger partial charge in [0, 0.05) is 12.0 Å². The molecule has 0 fully saturated rings. The third-order valence-corrected chi connectivity index (χ3v) is 2.60. The molecule has 0 saturated carbocycles. The maximum atomic E-state index is 11.8. The second kappa shape index (κ2) is 4.47. The maximum absolute atomic E-state index is 11.8. The van der Waals surface area contributed by atoms with Crippen LogP contribution in [0.25, 0.3) is 0 Å². The number of carbonyl (C=O) groups excluding carboxylic acids is 1. The first-order valence-corrected chi connectivity index (χ1v) is 5.94. The Morgan fingerprint density at radius 3 is 2.83 bits per heavy atom. The zero-order valence-electron chi connectivity index (χ0n) is 10.8. The monoisotopic (exact) mass is 244 g/mol. The van der Waals surface area contributed by atoms with E-state index in [1.165, 1.54) is 0 Å². The van der Waals surface area contributed by atoms with Crippen LogP contribution in [0.5, 0.6) is 5.75 Å². The third-order valence-electron chi connectivity index (χ3n) is 2.60. The van der Waals surface area contributed by atoms with Crippen molar-refractivity contribution >= 4 is 5.78 Å². The number of fused-ring (bicyclic) bond motifs is 1. The van der Waals surface area contributed by atoms with Crippen LogP contribution in [0.1, 0.15) is 43.1 Å². The lowest BCUT2D eigenvalue weighted by molar-refractivity contribution is 0.0871. The summed E-state index contributed by atoms with van der Waals surface area (Å²) in [5.74, 6) is 6.29. The van der Waals surface area contributed by atoms with Crippen molar-refractivity contribution in [1.82, 2.24) is 0 Å². The smallest absolute Gasteiger partial charge is 0.170 e. The van der Waals surface area contributed by atoms with Gasteiger partial charge in [-0.3, -0.25) is 4.79 Å². The van der Waals surface area contributed by atoms with Crippen LogP contribution in [-0.2, 0) is 0 Å². The minimum Gasteiger partial charge on any atom is -0.489 e. The highest BCUT2D eigenvalue weighted by Gasteiger charge is 2.23. The summed E-state index contributed by atoms with van der Waals surface area (Å²) in [5, 5.41) is 9.54. The molecule has 0 spiro atoms. The topological polar surface area (TPSA) is 46.5 Å². The molecule has 1 aromatic rings. The van der Waals surface area contributed by atoms with Crippen molar-refractivity contribution < 1.29 is 14.6 Å². The van der Waals surface area contributed by atoms with E-state index in [4.69, 9.17) is 4.74 Å². The first kappa shape index (κ1) is 12.7. The molecule has 0 saturated heterocycles. The van der Waals surface area contributed by atoms with E-state index in [0.717, 1.165) is 5.56 Å². The summed E-state index contributed by atoms with van der Waals surface area (Å²) in [6.45, 7) is 5.12. The molecule has 1 N–H and O–H groups in total. The number of rotatable bonds is 0. The minimum atomic E-state index is -1.03. The molecule has 1 heterocycles. The summed E-state index contributed by atoms with van der Waals surface area (Å²) in [6.07, 6.45) is 0.323. The molecular weight excluding hydrogens is 228 g/mol. The predicted molar refractivity (Wildman–Crippen MR) is 68.7 cm³/mol. The van der Waals surface area contributed by atoms with Gasteiger partial charge in [-0.05, 0) is 39.0 Å².